The van der Waals surface area contributed by atoms with Crippen molar-refractivity contribution in [1.29, 1.82) is 0 Å². The normalized spacial score (nSPS) is 11.3. The number of fused-ring (bicyclic) bond motifs is 15. The van der Waals surface area contributed by atoms with Gasteiger partial charge >= 0.3 is 79.8 Å². The molecule has 0 bridgehead atoms. The van der Waals surface area contributed by atoms with Crippen LogP contribution in [0.5, 0.6) is 17.2 Å². The summed E-state index contributed by atoms with van der Waals surface area (Å²) in [5.41, 5.74) is 14.0. The van der Waals surface area contributed by atoms with Crippen LogP contribution < -0.4 is 10.9 Å². The van der Waals surface area contributed by atoms with Crippen molar-refractivity contribution >= 4 is 280 Å². The SMILES string of the molecule is Cc1cc2sc3ccccc3c2cc1-c1ccc(-c2ccccc2)cc1.F[B]P=S.I.O=S(=O)(F)C(F)(F)C(F)(F)C(F)(F)C(F)(F)F.OB(O)c1ccc(-c2ccccc2)cc1.OB(O)c1ccc2c(c1)sc1ccccc12.Oc1cc2sc3ccccc3c2cc1-c1ccc(-c2ccccc2)cc1.Oc1cc2sc3ccccc3c2cc1Br.Oc1ccc2c(c1)sc1ccccc12.[B]=NS. The summed E-state index contributed by atoms with van der Waals surface area (Å²) in [5, 5.41) is 70.9. The number of rotatable bonds is 11. The Morgan fingerprint density at radius 2 is 0.642 bits per heavy atom. The van der Waals surface area contributed by atoms with Gasteiger partial charge in [0, 0.05) is 106 Å². The van der Waals surface area contributed by atoms with Crippen LogP contribution >= 0.6 is 117 Å². The fourth-order valence-corrected chi connectivity index (χ4v) is 21.0. The second-order valence-electron chi connectivity index (χ2n) is 29.8. The molecule has 0 amide bonds. The van der Waals surface area contributed by atoms with E-state index < -0.39 is 47.7 Å². The quantitative estimate of drug-likeness (QED) is 0.0155. The zero-order valence-electron chi connectivity index (χ0n) is 71.0. The first-order chi connectivity index (χ1) is 65.0. The predicted molar refractivity (Wildman–Crippen MR) is 572 cm³/mol. The third kappa shape index (κ3) is 24.7. The van der Waals surface area contributed by atoms with Crippen LogP contribution in [0.25, 0.3) is 156 Å². The van der Waals surface area contributed by atoms with E-state index in [4.69, 9.17) is 20.1 Å². The van der Waals surface area contributed by atoms with Crippen molar-refractivity contribution < 1.29 is 91.5 Å². The third-order valence-corrected chi connectivity index (χ3v) is 28.6. The molecule has 21 rings (SSSR count). The molecule has 0 saturated heterocycles. The number of halogens is 13. The summed E-state index contributed by atoms with van der Waals surface area (Å²) < 4.78 is 163. The summed E-state index contributed by atoms with van der Waals surface area (Å²) in [5.74, 6) is -14.0. The van der Waals surface area contributed by atoms with Crippen LogP contribution in [-0.4, -0.2) is 96.3 Å². The van der Waals surface area contributed by atoms with E-state index in [0.717, 1.165) is 45.5 Å². The summed E-state index contributed by atoms with van der Waals surface area (Å²) in [6.07, 6.45) is -7.19. The number of hydrogen-bond acceptors (Lipinski definition) is 17. The number of alkyl halides is 9. The molecule has 5 heterocycles. The number of phenols is 3. The molecule has 0 aliphatic heterocycles. The van der Waals surface area contributed by atoms with E-state index in [-0.39, 0.29) is 24.0 Å². The monoisotopic (exact) mass is 2190 g/mol. The first-order valence-electron chi connectivity index (χ1n) is 40.5. The molecule has 0 saturated carbocycles. The molecule has 2 radical (unpaired) electrons. The van der Waals surface area contributed by atoms with E-state index in [0.29, 0.717) is 42.7 Å². The second kappa shape index (κ2) is 46.8. The van der Waals surface area contributed by atoms with Gasteiger partial charge in [-0.05, 0) is 188 Å². The summed E-state index contributed by atoms with van der Waals surface area (Å²) in [4.78, 5) is 0. The van der Waals surface area contributed by atoms with E-state index >= 15 is 0 Å². The standard InChI is InChI=1S/C25H18S.C24H16OS.C12H9BO2S.C12H11BO2.C12H7BrOS.C12H8OS.C4F10O2S.BFPS.BHNS.HI/c1-17-15-25-23(21-9-5-6-10-24(21)26-25)16-22(17)20-13-11-19(12-14-20)18-7-3-2-4-8-18;25-22-15-24-21(19-8-4-5-9-23(19)26-24)14-20(22)18-12-10-17(11-13-18)16-6-2-1-3-7-16;14-13(15)8-5-6-10-9-3-1-2-4-11(9)16-12(10)7-8;14-13(15)12-8-6-11(7-9-12)10-4-2-1-3-5-10;13-9-5-8-7-3-1-2-4-11(7)15-12(8)6-10(9)14;13-8-5-6-10-9-3-1-2-4-11(9)14-12(10)7-8;5-1(6,3(9,10)11)2(7,8)4(12,13)17(14,15)16;2-1-3-4;1-2-3;/h2-16H,1H3;1-15,25H;1-7,14-15H;1-9,14-15H;1-6,14H;1-7,13H;;;3H;1H. The Bertz CT molecular complexity index is 7690. The van der Waals surface area contributed by atoms with E-state index in [9.17, 15) is 71.5 Å². The molecule has 0 aliphatic carbocycles. The van der Waals surface area contributed by atoms with Crippen molar-refractivity contribution in [2.75, 3.05) is 0 Å². The predicted octanol–water partition coefficient (Wildman–Crippen LogP) is 30.3. The van der Waals surface area contributed by atoms with Crippen LogP contribution in [0.15, 0.2) is 367 Å². The molecule has 36 heteroatoms. The van der Waals surface area contributed by atoms with Crippen molar-refractivity contribution in [3.8, 4) is 72.9 Å². The summed E-state index contributed by atoms with van der Waals surface area (Å²) in [7, 11) is -5.42. The van der Waals surface area contributed by atoms with Crippen LogP contribution in [0.1, 0.15) is 5.56 Å². The number of hydrogen-bond donors (Lipinski definition) is 8. The number of aryl methyl sites for hydroxylation is 1. The number of benzene rings is 16. The van der Waals surface area contributed by atoms with Gasteiger partial charge in [0.15, 0.2) is 0 Å². The van der Waals surface area contributed by atoms with Gasteiger partial charge in [-0.1, -0.05) is 283 Å². The number of phenolic OH excluding ortho intramolecular Hbond substituents is 3. The Morgan fingerprint density at radius 3 is 1.01 bits per heavy atom. The molecular formula is C101H71B4BrF11INO9PS8. The first kappa shape index (κ1) is 105. The maximum atomic E-state index is 12.1. The third-order valence-electron chi connectivity index (χ3n) is 21.1. The number of nitrogens with zero attached hydrogens (tertiary/aromatic N) is 1. The van der Waals surface area contributed by atoms with E-state index in [2.05, 4.69) is 254 Å². The zero-order chi connectivity index (χ0) is 97.4. The van der Waals surface area contributed by atoms with Crippen molar-refractivity contribution in [3.63, 3.8) is 0 Å². The topological polar surface area (TPSA) is 188 Å². The van der Waals surface area contributed by atoms with Crippen LogP contribution in [0.4, 0.5) is 47.7 Å². The Kier molecular flexibility index (Phi) is 35.9. The molecule has 0 unspecified atom stereocenters. The molecule has 7 N–H and O–H groups in total. The van der Waals surface area contributed by atoms with Gasteiger partial charge in [-0.25, -0.2) is 0 Å². The molecule has 5 aromatic heterocycles. The number of thiophene rings is 5. The molecule has 137 heavy (non-hydrogen) atoms. The fraction of sp³-hybridized carbons (Fsp3) is 0.0495. The van der Waals surface area contributed by atoms with E-state index in [1.807, 2.05) is 151 Å². The van der Waals surface area contributed by atoms with E-state index in [1.165, 1.54) is 121 Å². The van der Waals surface area contributed by atoms with Gasteiger partial charge in [-0.2, -0.15) is 47.9 Å². The average molecular weight is 2190 g/mol. The minimum absolute atomic E-state index is 0. The Balaban J connectivity index is 0.000000144. The molecular weight excluding hydrogens is 2120 g/mol. The summed E-state index contributed by atoms with van der Waals surface area (Å²) >= 11 is 19.3. The molecule has 0 aliphatic rings. The number of aromatic hydroxyl groups is 3. The Labute approximate surface area is 838 Å². The van der Waals surface area contributed by atoms with Gasteiger partial charge in [-0.3, -0.25) is 0 Å². The van der Waals surface area contributed by atoms with Crippen molar-refractivity contribution in [2.24, 2.45) is 4.30 Å². The Morgan fingerprint density at radius 1 is 0.365 bits per heavy atom. The van der Waals surface area contributed by atoms with Crippen molar-refractivity contribution in [1.82, 2.24) is 0 Å². The fourth-order valence-electron chi connectivity index (χ4n) is 14.5. The summed E-state index contributed by atoms with van der Waals surface area (Å²) in [6.45, 7) is 2.21. The molecule has 690 valence electrons. The minimum atomic E-state index is -7.67. The van der Waals surface area contributed by atoms with Gasteiger partial charge in [0.1, 0.15) is 17.2 Å². The van der Waals surface area contributed by atoms with Crippen molar-refractivity contribution in [2.45, 2.75) is 30.2 Å². The van der Waals surface area contributed by atoms with Crippen LogP contribution in [0.2, 0.25) is 0 Å². The summed E-state index contributed by atoms with van der Waals surface area (Å²) in [6, 6.07) is 121. The van der Waals surface area contributed by atoms with Gasteiger partial charge in [-0.15, -0.1) is 80.7 Å². The molecule has 10 nitrogen and oxygen atoms in total. The van der Waals surface area contributed by atoms with E-state index in [1.54, 1.807) is 69.6 Å². The Hall–Kier alpha value is -10.8. The van der Waals surface area contributed by atoms with Crippen LogP contribution in [0, 0.1) is 6.92 Å². The first-order valence-corrected chi connectivity index (χ1v) is 49.2. The molecule has 0 fully saturated rings. The van der Waals surface area contributed by atoms with Gasteiger partial charge in [0.25, 0.3) is 0 Å². The van der Waals surface area contributed by atoms with Gasteiger partial charge in [0.2, 0.25) is 0 Å². The maximum absolute atomic E-state index is 12.1. The second-order valence-corrected chi connectivity index (χ2v) is 38.7. The van der Waals surface area contributed by atoms with Gasteiger partial charge < -0.3 is 39.7 Å². The van der Waals surface area contributed by atoms with Crippen LogP contribution in [-0.2, 0) is 22.0 Å². The number of thiol groups is 1. The van der Waals surface area contributed by atoms with Crippen LogP contribution in [0.3, 0.4) is 0 Å². The van der Waals surface area contributed by atoms with Crippen molar-refractivity contribution in [3.05, 3.63) is 368 Å². The van der Waals surface area contributed by atoms with Gasteiger partial charge in [0.05, 0.1) is 4.47 Å². The molecule has 21 aromatic rings. The molecule has 16 aromatic carbocycles. The molecule has 0 atom stereocenters. The molecule has 0 spiro atoms. The zero-order valence-corrected chi connectivity index (χ0v) is 82.4. The average Bonchev–Trinajstić information content (AvgIpc) is 0.996.